The Labute approximate surface area is 112 Å². The van der Waals surface area contributed by atoms with Gasteiger partial charge in [0.15, 0.2) is 0 Å². The molecule has 0 saturated heterocycles. The summed E-state index contributed by atoms with van der Waals surface area (Å²) in [5.74, 6) is 0.607. The number of hydrogen-bond donors (Lipinski definition) is 1. The van der Waals surface area contributed by atoms with Crippen molar-refractivity contribution in [3.63, 3.8) is 0 Å². The normalized spacial score (nSPS) is 13.1. The summed E-state index contributed by atoms with van der Waals surface area (Å²) in [6.45, 7) is 6.44. The van der Waals surface area contributed by atoms with Gasteiger partial charge < -0.3 is 5.32 Å². The maximum Gasteiger partial charge on any atom is 0.0692 e. The minimum atomic E-state index is 0.459. The van der Waals surface area contributed by atoms with Crippen molar-refractivity contribution in [2.75, 3.05) is 6.54 Å². The van der Waals surface area contributed by atoms with Crippen molar-refractivity contribution in [1.82, 2.24) is 20.3 Å². The van der Waals surface area contributed by atoms with Crippen molar-refractivity contribution in [1.29, 1.82) is 0 Å². The molecule has 0 aliphatic carbocycles. The van der Waals surface area contributed by atoms with Gasteiger partial charge in [-0.1, -0.05) is 25.1 Å². The number of aryl methyl sites for hydroxylation is 1. The number of nitrogens with one attached hydrogen (secondary N) is 1. The molecule has 2 aromatic heterocycles. The molecule has 0 radical (unpaired) electrons. The van der Waals surface area contributed by atoms with Crippen molar-refractivity contribution in [3.05, 3.63) is 34.8 Å². The first-order chi connectivity index (χ1) is 8.77. The molecule has 0 aliphatic rings. The van der Waals surface area contributed by atoms with Gasteiger partial charge in [0.05, 0.1) is 6.20 Å². The highest BCUT2D eigenvalue weighted by Crippen LogP contribution is 2.25. The van der Waals surface area contributed by atoms with Crippen LogP contribution < -0.4 is 5.32 Å². The standard InChI is InChI=1S/C13H20N4S/c1-11(2)13(12-5-3-10-18-12)14-6-4-8-17-9-7-15-16-17/h3,5,7,9-11,13-14H,4,6,8H2,1-2H3. The monoisotopic (exact) mass is 264 g/mol. The van der Waals surface area contributed by atoms with Crippen LogP contribution in [0.15, 0.2) is 29.9 Å². The molecular weight excluding hydrogens is 244 g/mol. The third kappa shape index (κ3) is 3.65. The maximum absolute atomic E-state index is 3.96. The van der Waals surface area contributed by atoms with Crippen molar-refractivity contribution in [3.8, 4) is 0 Å². The van der Waals surface area contributed by atoms with E-state index in [1.807, 2.05) is 22.2 Å². The lowest BCUT2D eigenvalue weighted by Crippen LogP contribution is -2.26. The topological polar surface area (TPSA) is 42.7 Å². The van der Waals surface area contributed by atoms with Crippen molar-refractivity contribution in [2.45, 2.75) is 32.9 Å². The Morgan fingerprint density at radius 3 is 2.94 bits per heavy atom. The molecule has 0 fully saturated rings. The van der Waals surface area contributed by atoms with E-state index >= 15 is 0 Å². The molecule has 2 aromatic rings. The predicted molar refractivity (Wildman–Crippen MR) is 74.5 cm³/mol. The van der Waals surface area contributed by atoms with E-state index in [1.165, 1.54) is 4.88 Å². The van der Waals surface area contributed by atoms with Gasteiger partial charge in [-0.2, -0.15) is 0 Å². The molecule has 1 unspecified atom stereocenters. The molecule has 0 bridgehead atoms. The second-order valence-corrected chi connectivity index (χ2v) is 5.69. The summed E-state index contributed by atoms with van der Waals surface area (Å²) in [6, 6.07) is 4.78. The third-order valence-corrected chi connectivity index (χ3v) is 3.87. The average molecular weight is 264 g/mol. The van der Waals surface area contributed by atoms with Gasteiger partial charge in [-0.25, -0.2) is 0 Å². The van der Waals surface area contributed by atoms with Gasteiger partial charge in [0.2, 0.25) is 0 Å². The van der Waals surface area contributed by atoms with Crippen molar-refractivity contribution in [2.24, 2.45) is 5.92 Å². The van der Waals surface area contributed by atoms with E-state index in [1.54, 1.807) is 6.20 Å². The maximum atomic E-state index is 3.96. The number of nitrogens with zero attached hydrogens (tertiary/aromatic N) is 3. The van der Waals surface area contributed by atoms with Gasteiger partial charge in [0, 0.05) is 23.7 Å². The second kappa shape index (κ2) is 6.66. The quantitative estimate of drug-likeness (QED) is 0.782. The highest BCUT2D eigenvalue weighted by atomic mass is 32.1. The minimum absolute atomic E-state index is 0.459. The van der Waals surface area contributed by atoms with Crippen molar-refractivity contribution >= 4 is 11.3 Å². The number of rotatable bonds is 7. The molecule has 0 aliphatic heterocycles. The fourth-order valence-electron chi connectivity index (χ4n) is 1.98. The molecule has 18 heavy (non-hydrogen) atoms. The lowest BCUT2D eigenvalue weighted by Gasteiger charge is -2.21. The van der Waals surface area contributed by atoms with E-state index in [0.717, 1.165) is 19.5 Å². The zero-order valence-corrected chi connectivity index (χ0v) is 11.7. The predicted octanol–water partition coefficient (Wildman–Crippen LogP) is 2.72. The van der Waals surface area contributed by atoms with Crippen LogP contribution in [0.2, 0.25) is 0 Å². The highest BCUT2D eigenvalue weighted by Gasteiger charge is 2.15. The average Bonchev–Trinajstić information content (AvgIpc) is 3.00. The van der Waals surface area contributed by atoms with E-state index in [0.29, 0.717) is 12.0 Å². The Kier molecular flexibility index (Phi) is 4.90. The van der Waals surface area contributed by atoms with Gasteiger partial charge in [0.1, 0.15) is 0 Å². The largest absolute Gasteiger partial charge is 0.309 e. The SMILES string of the molecule is CC(C)C(NCCCn1ccnn1)c1cccs1. The van der Waals surface area contributed by atoms with Crippen LogP contribution in [0.25, 0.3) is 0 Å². The molecule has 2 heterocycles. The zero-order chi connectivity index (χ0) is 12.8. The Morgan fingerprint density at radius 2 is 2.33 bits per heavy atom. The number of aromatic nitrogens is 3. The second-order valence-electron chi connectivity index (χ2n) is 4.71. The molecule has 0 saturated carbocycles. The van der Waals surface area contributed by atoms with Crippen LogP contribution in [0.1, 0.15) is 31.2 Å². The van der Waals surface area contributed by atoms with Gasteiger partial charge in [-0.05, 0) is 30.3 Å². The summed E-state index contributed by atoms with van der Waals surface area (Å²) in [5, 5.41) is 13.5. The van der Waals surface area contributed by atoms with Crippen LogP contribution in [0.5, 0.6) is 0 Å². The van der Waals surface area contributed by atoms with Crippen LogP contribution in [0.4, 0.5) is 0 Å². The van der Waals surface area contributed by atoms with E-state index in [-0.39, 0.29) is 0 Å². The van der Waals surface area contributed by atoms with E-state index in [9.17, 15) is 0 Å². The van der Waals surface area contributed by atoms with Crippen LogP contribution >= 0.6 is 11.3 Å². The number of thiophene rings is 1. The zero-order valence-electron chi connectivity index (χ0n) is 10.9. The van der Waals surface area contributed by atoms with E-state index in [4.69, 9.17) is 0 Å². The molecular formula is C13H20N4S. The van der Waals surface area contributed by atoms with Crippen LogP contribution in [-0.2, 0) is 6.54 Å². The first-order valence-electron chi connectivity index (χ1n) is 6.38. The molecule has 1 N–H and O–H groups in total. The van der Waals surface area contributed by atoms with Gasteiger partial charge >= 0.3 is 0 Å². The van der Waals surface area contributed by atoms with E-state index in [2.05, 4.69) is 47.0 Å². The van der Waals surface area contributed by atoms with E-state index < -0.39 is 0 Å². The van der Waals surface area contributed by atoms with Crippen LogP contribution in [0, 0.1) is 5.92 Å². The van der Waals surface area contributed by atoms with Crippen molar-refractivity contribution < 1.29 is 0 Å². The first-order valence-corrected chi connectivity index (χ1v) is 7.26. The molecule has 4 nitrogen and oxygen atoms in total. The summed E-state index contributed by atoms with van der Waals surface area (Å²) >= 11 is 1.83. The molecule has 0 aromatic carbocycles. The highest BCUT2D eigenvalue weighted by molar-refractivity contribution is 7.10. The van der Waals surface area contributed by atoms with Crippen LogP contribution in [-0.4, -0.2) is 21.5 Å². The van der Waals surface area contributed by atoms with Gasteiger partial charge in [-0.3, -0.25) is 4.68 Å². The Hall–Kier alpha value is -1.20. The fraction of sp³-hybridized carbons (Fsp3) is 0.538. The summed E-state index contributed by atoms with van der Waals surface area (Å²) in [5.41, 5.74) is 0. The molecule has 98 valence electrons. The molecule has 5 heteroatoms. The molecule has 2 rings (SSSR count). The Balaban J connectivity index is 1.76. The summed E-state index contributed by atoms with van der Waals surface area (Å²) < 4.78 is 1.87. The first kappa shape index (κ1) is 13.2. The lowest BCUT2D eigenvalue weighted by molar-refractivity contribution is 0.404. The lowest BCUT2D eigenvalue weighted by atomic mass is 10.0. The number of hydrogen-bond acceptors (Lipinski definition) is 4. The molecule has 1 atom stereocenters. The smallest absolute Gasteiger partial charge is 0.0692 e. The Morgan fingerprint density at radius 1 is 1.44 bits per heavy atom. The Bertz CT molecular complexity index is 422. The molecule has 0 amide bonds. The summed E-state index contributed by atoms with van der Waals surface area (Å²) in [4.78, 5) is 1.42. The fourth-order valence-corrected chi connectivity index (χ4v) is 2.96. The summed E-state index contributed by atoms with van der Waals surface area (Å²) in [7, 11) is 0. The molecule has 0 spiro atoms. The van der Waals surface area contributed by atoms with Gasteiger partial charge in [-0.15, -0.1) is 16.4 Å². The van der Waals surface area contributed by atoms with Crippen LogP contribution in [0.3, 0.4) is 0 Å². The summed E-state index contributed by atoms with van der Waals surface area (Å²) in [6.07, 6.45) is 4.69. The van der Waals surface area contributed by atoms with Gasteiger partial charge in [0.25, 0.3) is 0 Å². The minimum Gasteiger partial charge on any atom is -0.309 e. The third-order valence-electron chi connectivity index (χ3n) is 2.92.